The Morgan fingerprint density at radius 3 is 2.79 bits per heavy atom. The molecular weight excluding hydrogens is 464 g/mol. The molecule has 0 aliphatic carbocycles. The molecule has 5 rings (SSSR count). The maximum atomic E-state index is 13.3. The summed E-state index contributed by atoms with van der Waals surface area (Å²) >= 11 is 1.47. The first-order valence-corrected chi connectivity index (χ1v) is 13.0. The molecule has 2 aromatic carbocycles. The van der Waals surface area contributed by atoms with E-state index in [4.69, 9.17) is 4.98 Å². The highest BCUT2D eigenvalue weighted by Crippen LogP contribution is 2.37. The maximum absolute atomic E-state index is 13.3. The highest BCUT2D eigenvalue weighted by Gasteiger charge is 2.26. The van der Waals surface area contributed by atoms with Crippen LogP contribution in [0.5, 0.6) is 0 Å². The minimum absolute atomic E-state index is 0.114. The Morgan fingerprint density at radius 1 is 1.15 bits per heavy atom. The topological polar surface area (TPSA) is 75.2 Å². The number of nitrogens with one attached hydrogen (secondary N) is 1. The second-order valence-corrected chi connectivity index (χ2v) is 10.8. The predicted octanol–water partition coefficient (Wildman–Crippen LogP) is 5.09. The van der Waals surface area contributed by atoms with Crippen molar-refractivity contribution in [2.75, 3.05) is 16.2 Å². The molecule has 0 fully saturated rings. The first kappa shape index (κ1) is 22.4. The summed E-state index contributed by atoms with van der Waals surface area (Å²) in [6, 6.07) is 17.7. The molecule has 1 unspecified atom stereocenters. The van der Waals surface area contributed by atoms with Crippen molar-refractivity contribution in [2.24, 2.45) is 0 Å². The van der Waals surface area contributed by atoms with Crippen LogP contribution in [0.3, 0.4) is 0 Å². The zero-order valence-corrected chi connectivity index (χ0v) is 20.6. The number of thiazole rings is 1. The van der Waals surface area contributed by atoms with Gasteiger partial charge in [0, 0.05) is 29.4 Å². The maximum Gasteiger partial charge on any atom is 0.230 e. The molecule has 172 valence electrons. The second-order valence-electron chi connectivity index (χ2n) is 8.22. The molecule has 0 saturated heterocycles. The lowest BCUT2D eigenvalue weighted by atomic mass is 10.1. The number of nitrogens with zero attached hydrogens (tertiary/aromatic N) is 3. The Hall–Kier alpha value is -3.36. The molecule has 1 aliphatic rings. The van der Waals surface area contributed by atoms with Gasteiger partial charge in [-0.25, -0.2) is 9.19 Å². The number of rotatable bonds is 6. The minimum atomic E-state index is -1.24. The third kappa shape index (κ3) is 4.51. The summed E-state index contributed by atoms with van der Waals surface area (Å²) in [4.78, 5) is 23.1. The Kier molecular flexibility index (Phi) is 6.26. The Balaban J connectivity index is 1.34. The van der Waals surface area contributed by atoms with Crippen LogP contribution in [-0.2, 0) is 28.6 Å². The molecule has 0 radical (unpaired) electrons. The van der Waals surface area contributed by atoms with Crippen molar-refractivity contribution in [3.63, 3.8) is 0 Å². The number of fused-ring (bicyclic) bond motifs is 1. The van der Waals surface area contributed by atoms with Gasteiger partial charge < -0.3 is 5.32 Å². The third-order valence-electron chi connectivity index (χ3n) is 5.82. The van der Waals surface area contributed by atoms with Crippen LogP contribution >= 0.6 is 11.3 Å². The largest absolute Gasteiger partial charge is 0.302 e. The highest BCUT2D eigenvalue weighted by atomic mass is 32.2. The predicted molar refractivity (Wildman–Crippen MR) is 137 cm³/mol. The van der Waals surface area contributed by atoms with E-state index in [9.17, 15) is 9.00 Å². The van der Waals surface area contributed by atoms with E-state index in [-0.39, 0.29) is 12.3 Å². The number of hydrogen-bond donors (Lipinski definition) is 1. The number of aromatic nitrogens is 2. The van der Waals surface area contributed by atoms with Crippen molar-refractivity contribution >= 4 is 39.0 Å². The van der Waals surface area contributed by atoms with Gasteiger partial charge in [-0.15, -0.1) is 11.3 Å². The zero-order chi connectivity index (χ0) is 23.7. The number of benzene rings is 2. The highest BCUT2D eigenvalue weighted by molar-refractivity contribution is 7.86. The second kappa shape index (κ2) is 9.48. The zero-order valence-electron chi connectivity index (χ0n) is 18.9. The smallest absolute Gasteiger partial charge is 0.230 e. The fourth-order valence-corrected chi connectivity index (χ4v) is 6.37. The molecule has 1 amide bonds. The van der Waals surface area contributed by atoms with Crippen LogP contribution in [0.15, 0.2) is 71.9 Å². The van der Waals surface area contributed by atoms with Gasteiger partial charge in [0.25, 0.3) is 0 Å². The third-order valence-corrected chi connectivity index (χ3v) is 8.32. The average molecular weight is 489 g/mol. The molecule has 8 heteroatoms. The van der Waals surface area contributed by atoms with Gasteiger partial charge in [0.2, 0.25) is 5.91 Å². The minimum Gasteiger partial charge on any atom is -0.302 e. The SMILES string of the molecule is Cc1ccccc1S(=O)N1CCc2cc(-c3nc(NC(=O)Cc4cccnc4)sc3C)ccc21. The number of carbonyl (C=O) groups excluding carboxylic acids is 1. The molecule has 3 heterocycles. The van der Waals surface area contributed by atoms with Crippen molar-refractivity contribution in [1.82, 2.24) is 9.97 Å². The van der Waals surface area contributed by atoms with E-state index in [2.05, 4.69) is 16.4 Å². The van der Waals surface area contributed by atoms with Gasteiger partial charge in [-0.05, 0) is 61.2 Å². The lowest BCUT2D eigenvalue weighted by molar-refractivity contribution is -0.115. The number of aryl methyl sites for hydroxylation is 2. The number of hydrogen-bond acceptors (Lipinski definition) is 5. The molecule has 0 bridgehead atoms. The summed E-state index contributed by atoms with van der Waals surface area (Å²) in [6.45, 7) is 4.72. The number of carbonyl (C=O) groups is 1. The van der Waals surface area contributed by atoms with Crippen LogP contribution in [0.4, 0.5) is 10.8 Å². The molecule has 0 spiro atoms. The summed E-state index contributed by atoms with van der Waals surface area (Å²) in [7, 11) is -1.24. The van der Waals surface area contributed by atoms with Crippen molar-refractivity contribution < 1.29 is 9.00 Å². The molecular formula is C26H24N4O2S2. The summed E-state index contributed by atoms with van der Waals surface area (Å²) in [5, 5.41) is 3.50. The summed E-state index contributed by atoms with van der Waals surface area (Å²) in [5.74, 6) is -0.114. The first-order chi connectivity index (χ1) is 16.5. The van der Waals surface area contributed by atoms with Gasteiger partial charge in [-0.2, -0.15) is 0 Å². The van der Waals surface area contributed by atoms with Crippen LogP contribution in [0.2, 0.25) is 0 Å². The standard InChI is InChI=1S/C26H24N4O2S2/c1-17-6-3-4-8-23(17)34(32)30-13-11-20-15-21(9-10-22(20)30)25-18(2)33-26(29-25)28-24(31)14-19-7-5-12-27-16-19/h3-10,12,15-16H,11,13-14H2,1-2H3,(H,28,29,31). The van der Waals surface area contributed by atoms with Crippen LogP contribution in [0.1, 0.15) is 21.6 Å². The lowest BCUT2D eigenvalue weighted by Crippen LogP contribution is -2.23. The van der Waals surface area contributed by atoms with Gasteiger partial charge in [0.05, 0.1) is 22.7 Å². The van der Waals surface area contributed by atoms with Gasteiger partial charge in [-0.1, -0.05) is 30.3 Å². The summed E-state index contributed by atoms with van der Waals surface area (Å²) in [6.07, 6.45) is 4.47. The number of anilines is 2. The van der Waals surface area contributed by atoms with Crippen molar-refractivity contribution in [2.45, 2.75) is 31.6 Å². The van der Waals surface area contributed by atoms with Crippen molar-refractivity contribution in [3.8, 4) is 11.3 Å². The van der Waals surface area contributed by atoms with Gasteiger partial charge in [0.15, 0.2) is 16.1 Å². The summed E-state index contributed by atoms with van der Waals surface area (Å²) < 4.78 is 15.2. The molecule has 2 aromatic heterocycles. The normalized spacial score (nSPS) is 13.5. The average Bonchev–Trinajstić information content (AvgIpc) is 3.42. The molecule has 1 aliphatic heterocycles. The van der Waals surface area contributed by atoms with E-state index in [0.717, 1.165) is 49.8 Å². The van der Waals surface area contributed by atoms with Crippen molar-refractivity contribution in [1.29, 1.82) is 0 Å². The quantitative estimate of drug-likeness (QED) is 0.410. The van der Waals surface area contributed by atoms with Crippen LogP contribution in [-0.4, -0.2) is 26.6 Å². The molecule has 4 aromatic rings. The number of amides is 1. The van der Waals surface area contributed by atoms with E-state index in [1.165, 1.54) is 11.3 Å². The fraction of sp³-hybridized carbons (Fsp3) is 0.192. The molecule has 0 saturated carbocycles. The van der Waals surface area contributed by atoms with E-state index in [1.807, 2.05) is 66.7 Å². The van der Waals surface area contributed by atoms with Gasteiger partial charge in [0.1, 0.15) is 0 Å². The molecule has 34 heavy (non-hydrogen) atoms. The molecule has 1 N–H and O–H groups in total. The fourth-order valence-electron chi connectivity index (χ4n) is 4.13. The van der Waals surface area contributed by atoms with E-state index in [1.54, 1.807) is 12.4 Å². The van der Waals surface area contributed by atoms with Gasteiger partial charge >= 0.3 is 0 Å². The monoisotopic (exact) mass is 488 g/mol. The van der Waals surface area contributed by atoms with E-state index >= 15 is 0 Å². The molecule has 6 nitrogen and oxygen atoms in total. The van der Waals surface area contributed by atoms with Crippen LogP contribution < -0.4 is 9.62 Å². The van der Waals surface area contributed by atoms with Crippen LogP contribution in [0, 0.1) is 13.8 Å². The van der Waals surface area contributed by atoms with Crippen molar-refractivity contribution in [3.05, 3.63) is 88.6 Å². The first-order valence-electron chi connectivity index (χ1n) is 11.0. The Morgan fingerprint density at radius 2 is 2.00 bits per heavy atom. The van der Waals surface area contributed by atoms with Gasteiger partial charge in [-0.3, -0.25) is 14.1 Å². The van der Waals surface area contributed by atoms with E-state index < -0.39 is 11.0 Å². The van der Waals surface area contributed by atoms with E-state index in [0.29, 0.717) is 11.7 Å². The Labute approximate surface area is 205 Å². The van der Waals surface area contributed by atoms with Crippen LogP contribution in [0.25, 0.3) is 11.3 Å². The number of pyridine rings is 1. The summed E-state index contributed by atoms with van der Waals surface area (Å²) in [5.41, 5.74) is 5.92. The lowest BCUT2D eigenvalue weighted by Gasteiger charge is -2.19. The molecule has 1 atom stereocenters. The Bertz CT molecular complexity index is 1380.